The standard InChI is InChI=1S/C16H19NO3/c1-16(2)19-12-13(20-16)11-18-15-8-4-3-7-14(15)17-9-5-6-10-17/h3-10,13H,11-12H2,1-2H3/t13-/m0/s1. The third-order valence-electron chi connectivity index (χ3n) is 3.24. The zero-order chi connectivity index (χ0) is 14.0. The van der Waals surface area contributed by atoms with Crippen molar-refractivity contribution in [2.75, 3.05) is 13.2 Å². The molecule has 2 aromatic rings. The summed E-state index contributed by atoms with van der Waals surface area (Å²) in [5.74, 6) is 0.338. The van der Waals surface area contributed by atoms with Crippen molar-refractivity contribution in [1.29, 1.82) is 0 Å². The number of hydrogen-bond donors (Lipinski definition) is 0. The smallest absolute Gasteiger partial charge is 0.163 e. The van der Waals surface area contributed by atoms with Crippen molar-refractivity contribution < 1.29 is 14.2 Å². The van der Waals surface area contributed by atoms with Crippen LogP contribution in [0.15, 0.2) is 48.8 Å². The van der Waals surface area contributed by atoms with E-state index < -0.39 is 5.79 Å². The molecule has 1 aromatic heterocycles. The molecule has 1 atom stereocenters. The third-order valence-corrected chi connectivity index (χ3v) is 3.24. The number of hydrogen-bond acceptors (Lipinski definition) is 3. The lowest BCUT2D eigenvalue weighted by molar-refractivity contribution is -0.141. The maximum Gasteiger partial charge on any atom is 0.163 e. The maximum atomic E-state index is 5.91. The van der Waals surface area contributed by atoms with E-state index >= 15 is 0 Å². The van der Waals surface area contributed by atoms with E-state index in [1.165, 1.54) is 0 Å². The largest absolute Gasteiger partial charge is 0.489 e. The quantitative estimate of drug-likeness (QED) is 0.858. The molecule has 2 heterocycles. The second-order valence-electron chi connectivity index (χ2n) is 5.32. The van der Waals surface area contributed by atoms with Gasteiger partial charge in [-0.15, -0.1) is 0 Å². The van der Waals surface area contributed by atoms with Crippen LogP contribution in [-0.4, -0.2) is 29.7 Å². The van der Waals surface area contributed by atoms with Gasteiger partial charge in [0.1, 0.15) is 18.5 Å². The zero-order valence-corrected chi connectivity index (χ0v) is 11.8. The number of para-hydroxylation sites is 2. The average molecular weight is 273 g/mol. The predicted molar refractivity (Wildman–Crippen MR) is 76.2 cm³/mol. The fourth-order valence-electron chi connectivity index (χ4n) is 2.32. The molecule has 0 radical (unpaired) electrons. The molecule has 1 aliphatic rings. The molecule has 0 aliphatic carbocycles. The lowest BCUT2D eigenvalue weighted by Gasteiger charge is -2.18. The summed E-state index contributed by atoms with van der Waals surface area (Å²) in [6.45, 7) is 4.89. The molecule has 1 saturated heterocycles. The lowest BCUT2D eigenvalue weighted by Crippen LogP contribution is -2.25. The number of nitrogens with zero attached hydrogens (tertiary/aromatic N) is 1. The SMILES string of the molecule is CC1(C)OC[C@H](COc2ccccc2-n2cccc2)O1. The highest BCUT2D eigenvalue weighted by Crippen LogP contribution is 2.26. The number of rotatable bonds is 4. The molecule has 0 N–H and O–H groups in total. The van der Waals surface area contributed by atoms with Gasteiger partial charge in [0.05, 0.1) is 12.3 Å². The Labute approximate surface area is 118 Å². The van der Waals surface area contributed by atoms with Crippen LogP contribution in [0.1, 0.15) is 13.8 Å². The van der Waals surface area contributed by atoms with Gasteiger partial charge < -0.3 is 18.8 Å². The van der Waals surface area contributed by atoms with Gasteiger partial charge in [0, 0.05) is 12.4 Å². The van der Waals surface area contributed by atoms with E-state index in [0.29, 0.717) is 13.2 Å². The zero-order valence-electron chi connectivity index (χ0n) is 11.8. The summed E-state index contributed by atoms with van der Waals surface area (Å²) in [6.07, 6.45) is 3.98. The van der Waals surface area contributed by atoms with Gasteiger partial charge in [-0.2, -0.15) is 0 Å². The van der Waals surface area contributed by atoms with Crippen LogP contribution < -0.4 is 4.74 Å². The van der Waals surface area contributed by atoms with Crippen LogP contribution in [0.3, 0.4) is 0 Å². The molecule has 1 aromatic carbocycles. The third kappa shape index (κ3) is 2.86. The summed E-state index contributed by atoms with van der Waals surface area (Å²) in [4.78, 5) is 0. The first-order valence-electron chi connectivity index (χ1n) is 6.81. The van der Waals surface area contributed by atoms with Crippen molar-refractivity contribution in [3.63, 3.8) is 0 Å². The van der Waals surface area contributed by atoms with Crippen LogP contribution >= 0.6 is 0 Å². The molecule has 0 unspecified atom stereocenters. The Morgan fingerprint density at radius 1 is 1.20 bits per heavy atom. The molecule has 106 valence electrons. The van der Waals surface area contributed by atoms with Gasteiger partial charge in [0.2, 0.25) is 0 Å². The Balaban J connectivity index is 1.69. The maximum absolute atomic E-state index is 5.91. The summed E-state index contributed by atoms with van der Waals surface area (Å²) in [7, 11) is 0. The van der Waals surface area contributed by atoms with Crippen LogP contribution in [0, 0.1) is 0 Å². The van der Waals surface area contributed by atoms with E-state index in [1.54, 1.807) is 0 Å². The Bertz CT molecular complexity index is 563. The van der Waals surface area contributed by atoms with E-state index in [0.717, 1.165) is 11.4 Å². The summed E-state index contributed by atoms with van der Waals surface area (Å²) >= 11 is 0. The number of benzene rings is 1. The highest BCUT2D eigenvalue weighted by atomic mass is 16.7. The predicted octanol–water partition coefficient (Wildman–Crippen LogP) is 3.01. The van der Waals surface area contributed by atoms with Crippen molar-refractivity contribution in [2.24, 2.45) is 0 Å². The highest BCUT2D eigenvalue weighted by Gasteiger charge is 2.33. The molecule has 0 spiro atoms. The summed E-state index contributed by atoms with van der Waals surface area (Å²) < 4.78 is 19.2. The van der Waals surface area contributed by atoms with Gasteiger partial charge in [-0.3, -0.25) is 0 Å². The van der Waals surface area contributed by atoms with Crippen LogP contribution in [0.2, 0.25) is 0 Å². The Hall–Kier alpha value is -1.78. The van der Waals surface area contributed by atoms with E-state index in [2.05, 4.69) is 0 Å². The molecule has 0 bridgehead atoms. The van der Waals surface area contributed by atoms with E-state index in [1.807, 2.05) is 67.2 Å². The van der Waals surface area contributed by atoms with Crippen molar-refractivity contribution in [3.8, 4) is 11.4 Å². The second kappa shape index (κ2) is 5.31. The molecular weight excluding hydrogens is 254 g/mol. The Morgan fingerprint density at radius 3 is 2.65 bits per heavy atom. The molecule has 0 amide bonds. The number of ether oxygens (including phenoxy) is 3. The van der Waals surface area contributed by atoms with Crippen LogP contribution in [-0.2, 0) is 9.47 Å². The average Bonchev–Trinajstić information content (AvgIpc) is 3.06. The topological polar surface area (TPSA) is 32.6 Å². The Morgan fingerprint density at radius 2 is 1.95 bits per heavy atom. The summed E-state index contributed by atoms with van der Waals surface area (Å²) in [5, 5.41) is 0. The molecule has 0 saturated carbocycles. The van der Waals surface area contributed by atoms with Crippen molar-refractivity contribution in [1.82, 2.24) is 4.57 Å². The molecule has 3 rings (SSSR count). The van der Waals surface area contributed by atoms with Gasteiger partial charge in [-0.05, 0) is 38.1 Å². The van der Waals surface area contributed by atoms with Gasteiger partial charge in [0.15, 0.2) is 5.79 Å². The normalized spacial score (nSPS) is 21.0. The minimum absolute atomic E-state index is 0.0253. The van der Waals surface area contributed by atoms with Gasteiger partial charge in [-0.25, -0.2) is 0 Å². The highest BCUT2D eigenvalue weighted by molar-refractivity contribution is 5.46. The molecule has 1 fully saturated rings. The van der Waals surface area contributed by atoms with Crippen molar-refractivity contribution in [2.45, 2.75) is 25.7 Å². The van der Waals surface area contributed by atoms with Crippen molar-refractivity contribution in [3.05, 3.63) is 48.8 Å². The first-order chi connectivity index (χ1) is 9.64. The molecule has 4 nitrogen and oxygen atoms in total. The Kier molecular flexibility index (Phi) is 3.51. The molecule has 4 heteroatoms. The van der Waals surface area contributed by atoms with Crippen LogP contribution in [0.4, 0.5) is 0 Å². The van der Waals surface area contributed by atoms with Gasteiger partial charge >= 0.3 is 0 Å². The van der Waals surface area contributed by atoms with E-state index in [9.17, 15) is 0 Å². The van der Waals surface area contributed by atoms with Gasteiger partial charge in [-0.1, -0.05) is 12.1 Å². The minimum atomic E-state index is -0.506. The van der Waals surface area contributed by atoms with Crippen LogP contribution in [0.5, 0.6) is 5.75 Å². The van der Waals surface area contributed by atoms with Gasteiger partial charge in [0.25, 0.3) is 0 Å². The monoisotopic (exact) mass is 273 g/mol. The van der Waals surface area contributed by atoms with E-state index in [-0.39, 0.29) is 6.10 Å². The first kappa shape index (κ1) is 13.2. The van der Waals surface area contributed by atoms with Crippen LogP contribution in [0.25, 0.3) is 5.69 Å². The summed E-state index contributed by atoms with van der Waals surface area (Å²) in [6, 6.07) is 12.0. The minimum Gasteiger partial charge on any atom is -0.489 e. The fraction of sp³-hybridized carbons (Fsp3) is 0.375. The molecular formula is C16H19NO3. The molecule has 20 heavy (non-hydrogen) atoms. The fourth-order valence-corrected chi connectivity index (χ4v) is 2.32. The number of aromatic nitrogens is 1. The summed E-state index contributed by atoms with van der Waals surface area (Å²) in [5.41, 5.74) is 1.02. The first-order valence-corrected chi connectivity index (χ1v) is 6.81. The lowest BCUT2D eigenvalue weighted by atomic mass is 10.3. The second-order valence-corrected chi connectivity index (χ2v) is 5.32. The molecule has 1 aliphatic heterocycles. The van der Waals surface area contributed by atoms with E-state index in [4.69, 9.17) is 14.2 Å². The van der Waals surface area contributed by atoms with Crippen molar-refractivity contribution >= 4 is 0 Å².